The van der Waals surface area contributed by atoms with E-state index in [1.165, 1.54) is 52.1 Å². The highest BCUT2D eigenvalue weighted by atomic mass is 16.5. The smallest absolute Gasteiger partial charge is 0.325 e. The molecule has 1 amide bonds. The van der Waals surface area contributed by atoms with Crippen molar-refractivity contribution in [2.45, 2.75) is 111 Å². The second kappa shape index (κ2) is 12.0. The molecule has 2 N–H and O–H groups in total. The Morgan fingerprint density at radius 2 is 1.68 bits per heavy atom. The molecule has 216 valence electrons. The average Bonchev–Trinajstić information content (AvgIpc) is 3.23. The molecule has 0 bridgehead atoms. The van der Waals surface area contributed by atoms with Crippen molar-refractivity contribution in [3.05, 3.63) is 0 Å². The molecular weight excluding hydrogens is 476 g/mol. The van der Waals surface area contributed by atoms with E-state index in [-0.39, 0.29) is 36.4 Å². The molecule has 9 atom stereocenters. The molecule has 6 heteroatoms. The van der Waals surface area contributed by atoms with E-state index in [0.717, 1.165) is 37.0 Å². The highest BCUT2D eigenvalue weighted by Crippen LogP contribution is 2.67. The monoisotopic (exact) mass is 530 g/mol. The maximum absolute atomic E-state index is 13.9. The molecule has 4 fully saturated rings. The normalized spacial score (nSPS) is 39.2. The van der Waals surface area contributed by atoms with Crippen LogP contribution in [0.1, 0.15) is 105 Å². The SMILES string of the molecule is COC(=O)CNC(=O)CN[C@@H]1CC[C@]2(C)C3CC[C@@]4(C)C(CC[C@@H]4[C@H](C)CCCC(C)C)C3C(=O)C[C@H]2C1. The number of carbonyl (C=O) groups excluding carboxylic acids is 3. The van der Waals surface area contributed by atoms with Gasteiger partial charge in [-0.1, -0.05) is 53.9 Å². The molecule has 4 aliphatic rings. The van der Waals surface area contributed by atoms with Gasteiger partial charge in [-0.2, -0.15) is 0 Å². The number of ether oxygens (including phenoxy) is 1. The van der Waals surface area contributed by atoms with Crippen LogP contribution in [0.3, 0.4) is 0 Å². The largest absolute Gasteiger partial charge is 0.468 e. The van der Waals surface area contributed by atoms with Crippen LogP contribution in [0.2, 0.25) is 0 Å². The van der Waals surface area contributed by atoms with Crippen molar-refractivity contribution in [3.8, 4) is 0 Å². The average molecular weight is 531 g/mol. The van der Waals surface area contributed by atoms with Crippen LogP contribution in [-0.2, 0) is 19.1 Å². The van der Waals surface area contributed by atoms with Crippen molar-refractivity contribution in [2.24, 2.45) is 52.3 Å². The molecule has 0 aliphatic heterocycles. The molecule has 6 nitrogen and oxygen atoms in total. The number of carbonyl (C=O) groups is 3. The van der Waals surface area contributed by atoms with Crippen LogP contribution in [0.25, 0.3) is 0 Å². The van der Waals surface area contributed by atoms with Gasteiger partial charge in [0.25, 0.3) is 0 Å². The second-order valence-electron chi connectivity index (χ2n) is 14.3. The van der Waals surface area contributed by atoms with Gasteiger partial charge in [-0.15, -0.1) is 0 Å². The van der Waals surface area contributed by atoms with Gasteiger partial charge in [0.15, 0.2) is 0 Å². The molecule has 0 heterocycles. The quantitative estimate of drug-likeness (QED) is 0.363. The van der Waals surface area contributed by atoms with Crippen molar-refractivity contribution in [1.29, 1.82) is 0 Å². The van der Waals surface area contributed by atoms with Crippen LogP contribution in [0.5, 0.6) is 0 Å². The lowest BCUT2D eigenvalue weighted by molar-refractivity contribution is -0.157. The summed E-state index contributed by atoms with van der Waals surface area (Å²) < 4.78 is 4.59. The Morgan fingerprint density at radius 3 is 2.39 bits per heavy atom. The number of esters is 1. The van der Waals surface area contributed by atoms with Gasteiger partial charge in [-0.05, 0) is 91.3 Å². The van der Waals surface area contributed by atoms with Gasteiger partial charge >= 0.3 is 5.97 Å². The topological polar surface area (TPSA) is 84.5 Å². The van der Waals surface area contributed by atoms with Crippen molar-refractivity contribution >= 4 is 17.7 Å². The van der Waals surface area contributed by atoms with Gasteiger partial charge < -0.3 is 15.4 Å². The molecular formula is C32H54N2O4. The zero-order chi connectivity index (χ0) is 27.7. The molecule has 0 aromatic rings. The number of nitrogens with one attached hydrogen (secondary N) is 2. The summed E-state index contributed by atoms with van der Waals surface area (Å²) in [7, 11) is 1.31. The predicted molar refractivity (Wildman–Crippen MR) is 150 cm³/mol. The summed E-state index contributed by atoms with van der Waals surface area (Å²) >= 11 is 0. The van der Waals surface area contributed by atoms with Crippen molar-refractivity contribution < 1.29 is 19.1 Å². The molecule has 4 saturated carbocycles. The lowest BCUT2D eigenvalue weighted by Crippen LogP contribution is -2.58. The first-order valence-electron chi connectivity index (χ1n) is 15.6. The highest BCUT2D eigenvalue weighted by molar-refractivity contribution is 5.84. The number of fused-ring (bicyclic) bond motifs is 5. The Hall–Kier alpha value is -1.43. The molecule has 0 spiro atoms. The number of hydrogen-bond acceptors (Lipinski definition) is 5. The van der Waals surface area contributed by atoms with Crippen molar-refractivity contribution in [3.63, 3.8) is 0 Å². The van der Waals surface area contributed by atoms with Gasteiger partial charge in [0.1, 0.15) is 12.3 Å². The summed E-state index contributed by atoms with van der Waals surface area (Å²) in [6.07, 6.45) is 12.9. The van der Waals surface area contributed by atoms with Crippen LogP contribution in [0.4, 0.5) is 0 Å². The molecule has 0 aromatic heterocycles. The first-order chi connectivity index (χ1) is 18.0. The fraction of sp³-hybridized carbons (Fsp3) is 0.906. The van der Waals surface area contributed by atoms with Gasteiger partial charge in [-0.3, -0.25) is 14.4 Å². The number of rotatable bonds is 10. The Morgan fingerprint density at radius 1 is 0.974 bits per heavy atom. The third kappa shape index (κ3) is 5.86. The van der Waals surface area contributed by atoms with E-state index in [2.05, 4.69) is 50.0 Å². The second-order valence-corrected chi connectivity index (χ2v) is 14.3. The Balaban J connectivity index is 1.36. The van der Waals surface area contributed by atoms with Gasteiger partial charge in [0.05, 0.1) is 13.7 Å². The zero-order valence-corrected chi connectivity index (χ0v) is 24.9. The van der Waals surface area contributed by atoms with Gasteiger partial charge in [0, 0.05) is 18.4 Å². The Labute approximate surface area is 231 Å². The maximum Gasteiger partial charge on any atom is 0.325 e. The standard InChI is InChI=1S/C32H54N2O4/c1-20(2)8-7-9-21(3)24-10-11-25-30-26(13-15-32(24,25)5)31(4)14-12-23(16-22(31)17-27(30)35)33-18-28(36)34-19-29(37)38-6/h20-26,30,33H,7-19H2,1-6H3,(H,34,36)/t21-,22-,23-,24-,25?,26?,30?,31+,32-/m1/s1. The Bertz CT molecular complexity index is 874. The van der Waals surface area contributed by atoms with Gasteiger partial charge in [0.2, 0.25) is 5.91 Å². The summed E-state index contributed by atoms with van der Waals surface area (Å²) in [6.45, 7) is 12.3. The number of hydrogen-bond donors (Lipinski definition) is 2. The lowest BCUT2D eigenvalue weighted by atomic mass is 9.44. The van der Waals surface area contributed by atoms with E-state index >= 15 is 0 Å². The molecule has 3 unspecified atom stereocenters. The van der Waals surface area contributed by atoms with Gasteiger partial charge in [-0.25, -0.2) is 0 Å². The third-order valence-corrected chi connectivity index (χ3v) is 11.9. The molecule has 4 aliphatic carbocycles. The van der Waals surface area contributed by atoms with Crippen LogP contribution < -0.4 is 10.6 Å². The van der Waals surface area contributed by atoms with Crippen molar-refractivity contribution in [2.75, 3.05) is 20.2 Å². The van der Waals surface area contributed by atoms with Crippen LogP contribution in [0, 0.1) is 52.3 Å². The number of amides is 1. The summed E-state index contributed by atoms with van der Waals surface area (Å²) in [5.41, 5.74) is 0.555. The van der Waals surface area contributed by atoms with E-state index in [0.29, 0.717) is 35.4 Å². The fourth-order valence-electron chi connectivity index (χ4n) is 9.68. The van der Waals surface area contributed by atoms with E-state index < -0.39 is 5.97 Å². The van der Waals surface area contributed by atoms with Crippen LogP contribution in [-0.4, -0.2) is 43.9 Å². The third-order valence-electron chi connectivity index (χ3n) is 11.9. The lowest BCUT2D eigenvalue weighted by Gasteiger charge is -2.60. The first-order valence-corrected chi connectivity index (χ1v) is 15.6. The maximum atomic E-state index is 13.9. The summed E-state index contributed by atoms with van der Waals surface area (Å²) in [4.78, 5) is 37.3. The minimum atomic E-state index is -0.445. The van der Waals surface area contributed by atoms with Crippen molar-refractivity contribution in [1.82, 2.24) is 10.6 Å². The molecule has 4 rings (SSSR count). The fourth-order valence-corrected chi connectivity index (χ4v) is 9.68. The highest BCUT2D eigenvalue weighted by Gasteiger charge is 2.63. The molecule has 0 saturated heterocycles. The molecule has 38 heavy (non-hydrogen) atoms. The first kappa shape index (κ1) is 29.6. The summed E-state index contributed by atoms with van der Waals surface area (Å²) in [6, 6.07) is 0.248. The molecule has 0 radical (unpaired) electrons. The number of Topliss-reactive ketones (excluding diaryl/α,β-unsaturated/α-hetero) is 1. The minimum Gasteiger partial charge on any atom is -0.468 e. The number of methoxy groups -OCH3 is 1. The van der Waals surface area contributed by atoms with E-state index in [9.17, 15) is 14.4 Å². The molecule has 0 aromatic carbocycles. The predicted octanol–water partition coefficient (Wildman–Crippen LogP) is 5.53. The van der Waals surface area contributed by atoms with E-state index in [4.69, 9.17) is 0 Å². The summed E-state index contributed by atoms with van der Waals surface area (Å²) in [5.74, 6) is 3.96. The zero-order valence-electron chi connectivity index (χ0n) is 24.9. The summed E-state index contributed by atoms with van der Waals surface area (Å²) in [5, 5.41) is 6.01. The van der Waals surface area contributed by atoms with E-state index in [1.54, 1.807) is 0 Å². The number of ketones is 1. The Kier molecular flexibility index (Phi) is 9.32. The minimum absolute atomic E-state index is 0.0996. The van der Waals surface area contributed by atoms with Crippen LogP contribution >= 0.6 is 0 Å². The van der Waals surface area contributed by atoms with E-state index in [1.807, 2.05) is 0 Å². The van der Waals surface area contributed by atoms with Crippen LogP contribution in [0.15, 0.2) is 0 Å².